The van der Waals surface area contributed by atoms with Crippen LogP contribution in [0.4, 0.5) is 0 Å². The molecule has 0 saturated heterocycles. The molecule has 0 heterocycles. The first-order valence-electron chi connectivity index (χ1n) is 8.20. The number of esters is 1. The van der Waals surface area contributed by atoms with Crippen LogP contribution < -0.4 is 0 Å². The number of rotatable bonds is 8. The number of hydrogen-bond donors (Lipinski definition) is 0. The van der Waals surface area contributed by atoms with Crippen LogP contribution in [0, 0.1) is 0 Å². The second-order valence-corrected chi connectivity index (χ2v) is 5.63. The Morgan fingerprint density at radius 3 is 2.35 bits per heavy atom. The van der Waals surface area contributed by atoms with Crippen LogP contribution >= 0.6 is 0 Å². The highest BCUT2D eigenvalue weighted by molar-refractivity contribution is 5.92. The van der Waals surface area contributed by atoms with E-state index >= 15 is 0 Å². The van der Waals surface area contributed by atoms with Crippen molar-refractivity contribution in [1.29, 1.82) is 0 Å². The predicted octanol–water partition coefficient (Wildman–Crippen LogP) is 3.62. The Balaban J connectivity index is 2.59. The summed E-state index contributed by atoms with van der Waals surface area (Å²) in [6.45, 7) is 9.28. The van der Waals surface area contributed by atoms with Gasteiger partial charge in [-0.3, -0.25) is 9.59 Å². The molecule has 0 spiro atoms. The molecule has 0 N–H and O–H groups in total. The lowest BCUT2D eigenvalue weighted by Crippen LogP contribution is -2.31. The van der Waals surface area contributed by atoms with Gasteiger partial charge in [-0.25, -0.2) is 0 Å². The Labute approximate surface area is 139 Å². The third-order valence-electron chi connectivity index (χ3n) is 3.61. The lowest BCUT2D eigenvalue weighted by molar-refractivity contribution is -0.143. The van der Waals surface area contributed by atoms with E-state index in [0.717, 1.165) is 5.56 Å². The molecule has 1 aromatic rings. The van der Waals surface area contributed by atoms with Crippen molar-refractivity contribution >= 4 is 18.0 Å². The fourth-order valence-electron chi connectivity index (χ4n) is 2.15. The first-order chi connectivity index (χ1) is 11.0. The number of ether oxygens (including phenoxy) is 1. The van der Waals surface area contributed by atoms with Gasteiger partial charge in [0, 0.05) is 19.2 Å². The number of amides is 1. The molecule has 4 heteroatoms. The van der Waals surface area contributed by atoms with Gasteiger partial charge in [-0.2, -0.15) is 0 Å². The van der Waals surface area contributed by atoms with E-state index in [2.05, 4.69) is 26.0 Å². The van der Waals surface area contributed by atoms with Crippen LogP contribution in [0.25, 0.3) is 6.08 Å². The molecule has 4 nitrogen and oxygen atoms in total. The molecule has 0 saturated carbocycles. The molecule has 23 heavy (non-hydrogen) atoms. The average Bonchev–Trinajstić information content (AvgIpc) is 2.54. The molecule has 0 aliphatic rings. The van der Waals surface area contributed by atoms with Crippen LogP contribution in [0.1, 0.15) is 51.2 Å². The van der Waals surface area contributed by atoms with Crippen molar-refractivity contribution in [3.05, 3.63) is 41.5 Å². The van der Waals surface area contributed by atoms with Crippen LogP contribution in [-0.4, -0.2) is 36.5 Å². The van der Waals surface area contributed by atoms with E-state index in [1.165, 1.54) is 5.56 Å². The maximum atomic E-state index is 12.2. The third-order valence-corrected chi connectivity index (χ3v) is 3.61. The minimum absolute atomic E-state index is 0.0928. The largest absolute Gasteiger partial charge is 0.466 e. The molecular weight excluding hydrogens is 290 g/mol. The summed E-state index contributed by atoms with van der Waals surface area (Å²) in [4.78, 5) is 25.2. The van der Waals surface area contributed by atoms with Gasteiger partial charge < -0.3 is 9.64 Å². The van der Waals surface area contributed by atoms with Gasteiger partial charge in [0.2, 0.25) is 5.91 Å². The van der Waals surface area contributed by atoms with Gasteiger partial charge in [0.15, 0.2) is 0 Å². The third kappa shape index (κ3) is 6.68. The molecular formula is C19H27NO3. The Bertz CT molecular complexity index is 532. The number of likely N-dealkylation sites (N-methyl/N-ethyl adjacent to an activating group) is 1. The SMILES string of the molecule is CCOC(=O)CCN(CC)C(=O)/C=C/c1ccc(C(C)C)cc1. The lowest BCUT2D eigenvalue weighted by Gasteiger charge is -2.18. The van der Waals surface area contributed by atoms with E-state index in [4.69, 9.17) is 4.74 Å². The molecule has 0 aromatic heterocycles. The second kappa shape index (κ2) is 9.82. The van der Waals surface area contributed by atoms with E-state index < -0.39 is 0 Å². The van der Waals surface area contributed by atoms with Crippen molar-refractivity contribution in [1.82, 2.24) is 4.90 Å². The number of carbonyl (C=O) groups excluding carboxylic acids is 2. The standard InChI is InChI=1S/C19H27NO3/c1-5-20(14-13-19(22)23-6-2)18(21)12-9-16-7-10-17(11-8-16)15(3)4/h7-12,15H,5-6,13-14H2,1-4H3/b12-9+. The Morgan fingerprint density at radius 2 is 1.83 bits per heavy atom. The number of nitrogens with zero attached hydrogens (tertiary/aromatic N) is 1. The first kappa shape index (κ1) is 18.9. The highest BCUT2D eigenvalue weighted by Crippen LogP contribution is 2.15. The van der Waals surface area contributed by atoms with Gasteiger partial charge >= 0.3 is 5.97 Å². The number of benzene rings is 1. The van der Waals surface area contributed by atoms with Crippen LogP contribution in [0.15, 0.2) is 30.3 Å². The Hall–Kier alpha value is -2.10. The summed E-state index contributed by atoms with van der Waals surface area (Å²) in [5.74, 6) is 0.129. The van der Waals surface area contributed by atoms with Crippen molar-refractivity contribution < 1.29 is 14.3 Å². The summed E-state index contributed by atoms with van der Waals surface area (Å²) >= 11 is 0. The minimum Gasteiger partial charge on any atom is -0.466 e. The van der Waals surface area contributed by atoms with E-state index in [9.17, 15) is 9.59 Å². The average molecular weight is 317 g/mol. The molecule has 0 atom stereocenters. The zero-order valence-corrected chi connectivity index (χ0v) is 14.5. The summed E-state index contributed by atoms with van der Waals surface area (Å²) in [5, 5.41) is 0. The van der Waals surface area contributed by atoms with Crippen LogP contribution in [0.3, 0.4) is 0 Å². The molecule has 126 valence electrons. The molecule has 0 fully saturated rings. The summed E-state index contributed by atoms with van der Waals surface area (Å²) in [6, 6.07) is 8.17. The van der Waals surface area contributed by atoms with Crippen molar-refractivity contribution in [2.75, 3.05) is 19.7 Å². The molecule has 0 bridgehead atoms. The molecule has 1 aromatic carbocycles. The van der Waals surface area contributed by atoms with Crippen LogP contribution in [0.5, 0.6) is 0 Å². The van der Waals surface area contributed by atoms with E-state index in [0.29, 0.717) is 25.6 Å². The highest BCUT2D eigenvalue weighted by Gasteiger charge is 2.11. The fraction of sp³-hybridized carbons (Fsp3) is 0.474. The zero-order valence-electron chi connectivity index (χ0n) is 14.5. The minimum atomic E-state index is -0.271. The molecule has 0 radical (unpaired) electrons. The molecule has 0 unspecified atom stereocenters. The summed E-state index contributed by atoms with van der Waals surface area (Å²) in [5.41, 5.74) is 2.27. The van der Waals surface area contributed by atoms with E-state index in [1.807, 2.05) is 19.1 Å². The maximum Gasteiger partial charge on any atom is 0.307 e. The van der Waals surface area contributed by atoms with Gasteiger partial charge in [0.1, 0.15) is 0 Å². The summed E-state index contributed by atoms with van der Waals surface area (Å²) < 4.78 is 4.88. The maximum absolute atomic E-state index is 12.2. The fourth-order valence-corrected chi connectivity index (χ4v) is 2.15. The molecule has 1 rings (SSSR count). The topological polar surface area (TPSA) is 46.6 Å². The zero-order chi connectivity index (χ0) is 17.2. The number of carbonyl (C=O) groups is 2. The summed E-state index contributed by atoms with van der Waals surface area (Å²) in [7, 11) is 0. The van der Waals surface area contributed by atoms with Crippen molar-refractivity contribution in [3.63, 3.8) is 0 Å². The monoisotopic (exact) mass is 317 g/mol. The first-order valence-corrected chi connectivity index (χ1v) is 8.20. The van der Waals surface area contributed by atoms with Crippen molar-refractivity contribution in [3.8, 4) is 0 Å². The summed E-state index contributed by atoms with van der Waals surface area (Å²) in [6.07, 6.45) is 3.59. The van der Waals surface area contributed by atoms with Gasteiger partial charge in [0.05, 0.1) is 13.0 Å². The quantitative estimate of drug-likeness (QED) is 0.543. The molecule has 0 aliphatic heterocycles. The van der Waals surface area contributed by atoms with Gasteiger partial charge in [0.25, 0.3) is 0 Å². The lowest BCUT2D eigenvalue weighted by atomic mass is 10.0. The van der Waals surface area contributed by atoms with E-state index in [1.54, 1.807) is 24.0 Å². The van der Waals surface area contributed by atoms with Crippen LogP contribution in [-0.2, 0) is 14.3 Å². The predicted molar refractivity (Wildman–Crippen MR) is 93.1 cm³/mol. The van der Waals surface area contributed by atoms with Gasteiger partial charge in [-0.1, -0.05) is 38.1 Å². The van der Waals surface area contributed by atoms with Crippen molar-refractivity contribution in [2.45, 2.75) is 40.0 Å². The van der Waals surface area contributed by atoms with Crippen molar-refractivity contribution in [2.24, 2.45) is 0 Å². The van der Waals surface area contributed by atoms with Crippen LogP contribution in [0.2, 0.25) is 0 Å². The molecule has 1 amide bonds. The highest BCUT2D eigenvalue weighted by atomic mass is 16.5. The van der Waals surface area contributed by atoms with Gasteiger partial charge in [-0.15, -0.1) is 0 Å². The Kier molecular flexibility index (Phi) is 8.09. The smallest absolute Gasteiger partial charge is 0.307 e. The molecule has 0 aliphatic carbocycles. The van der Waals surface area contributed by atoms with E-state index in [-0.39, 0.29) is 18.3 Å². The number of hydrogen-bond acceptors (Lipinski definition) is 3. The van der Waals surface area contributed by atoms with Gasteiger partial charge in [-0.05, 0) is 37.0 Å². The Morgan fingerprint density at radius 1 is 1.17 bits per heavy atom. The second-order valence-electron chi connectivity index (χ2n) is 5.63. The normalized spacial score (nSPS) is 11.0.